The molecule has 0 spiro atoms. The Morgan fingerprint density at radius 1 is 1.33 bits per heavy atom. The molecule has 3 atom stereocenters. The maximum Gasteiger partial charge on any atom is 0.227 e. The van der Waals surface area contributed by atoms with Crippen molar-refractivity contribution in [3.8, 4) is 0 Å². The van der Waals surface area contributed by atoms with Gasteiger partial charge >= 0.3 is 0 Å². The fourth-order valence-corrected chi connectivity index (χ4v) is 4.62. The second-order valence-electron chi connectivity index (χ2n) is 6.62. The van der Waals surface area contributed by atoms with Gasteiger partial charge in [0, 0.05) is 18.1 Å². The number of hydrogen-bond acceptors (Lipinski definition) is 4. The van der Waals surface area contributed by atoms with Crippen LogP contribution in [0.3, 0.4) is 0 Å². The quantitative estimate of drug-likeness (QED) is 0.786. The van der Waals surface area contributed by atoms with Crippen molar-refractivity contribution in [1.29, 1.82) is 0 Å². The van der Waals surface area contributed by atoms with Crippen molar-refractivity contribution in [2.75, 3.05) is 19.3 Å². The van der Waals surface area contributed by atoms with E-state index in [1.54, 1.807) is 4.90 Å². The number of sulfonamides is 1. The van der Waals surface area contributed by atoms with Gasteiger partial charge in [0.25, 0.3) is 0 Å². The van der Waals surface area contributed by atoms with Crippen molar-refractivity contribution in [3.63, 3.8) is 0 Å². The summed E-state index contributed by atoms with van der Waals surface area (Å²) in [4.78, 5) is 14.6. The molecular formula is C14H27N3O3S. The van der Waals surface area contributed by atoms with Crippen LogP contribution in [0.1, 0.15) is 45.4 Å². The highest BCUT2D eigenvalue weighted by molar-refractivity contribution is 7.89. The lowest BCUT2D eigenvalue weighted by atomic mass is 9.74. The third-order valence-corrected chi connectivity index (χ3v) is 6.38. The van der Waals surface area contributed by atoms with Crippen molar-refractivity contribution < 1.29 is 13.2 Å². The largest absolute Gasteiger partial charge is 0.338 e. The maximum absolute atomic E-state index is 12.8. The van der Waals surface area contributed by atoms with E-state index in [1.165, 1.54) is 7.05 Å². The fourth-order valence-electron chi connectivity index (χ4n) is 3.60. The zero-order chi connectivity index (χ0) is 15.7. The summed E-state index contributed by atoms with van der Waals surface area (Å²) >= 11 is 0. The molecule has 0 bridgehead atoms. The molecule has 1 saturated carbocycles. The number of carbonyl (C=O) groups excluding carboxylic acids is 1. The first kappa shape index (κ1) is 16.7. The van der Waals surface area contributed by atoms with Crippen LogP contribution in [0.15, 0.2) is 0 Å². The molecule has 0 aromatic heterocycles. The second kappa shape index (κ2) is 6.22. The van der Waals surface area contributed by atoms with Gasteiger partial charge in [-0.1, -0.05) is 12.8 Å². The summed E-state index contributed by atoms with van der Waals surface area (Å²) in [6.07, 6.45) is 5.37. The zero-order valence-corrected chi connectivity index (χ0v) is 13.8. The Bertz CT molecular complexity index is 490. The number of amides is 1. The monoisotopic (exact) mass is 317 g/mol. The molecule has 1 amide bonds. The molecule has 1 saturated heterocycles. The minimum atomic E-state index is -3.30. The molecule has 0 radical (unpaired) electrons. The van der Waals surface area contributed by atoms with Gasteiger partial charge in [0.1, 0.15) is 0 Å². The lowest BCUT2D eigenvalue weighted by Crippen LogP contribution is -2.55. The van der Waals surface area contributed by atoms with E-state index in [1.807, 2.05) is 6.92 Å². The van der Waals surface area contributed by atoms with Gasteiger partial charge in [0.15, 0.2) is 0 Å². The van der Waals surface area contributed by atoms with E-state index in [-0.39, 0.29) is 23.6 Å². The van der Waals surface area contributed by atoms with Crippen LogP contribution in [-0.2, 0) is 14.8 Å². The van der Waals surface area contributed by atoms with Crippen molar-refractivity contribution in [2.45, 2.75) is 57.0 Å². The number of hydrogen-bond donors (Lipinski definition) is 2. The van der Waals surface area contributed by atoms with E-state index in [0.717, 1.165) is 38.5 Å². The molecule has 2 aliphatic rings. The Morgan fingerprint density at radius 2 is 2.05 bits per heavy atom. The van der Waals surface area contributed by atoms with Gasteiger partial charge in [0.2, 0.25) is 15.9 Å². The highest BCUT2D eigenvalue weighted by Gasteiger charge is 2.43. The molecule has 122 valence electrons. The summed E-state index contributed by atoms with van der Waals surface area (Å²) in [6, 6.07) is -0.215. The van der Waals surface area contributed by atoms with E-state index in [0.29, 0.717) is 6.54 Å². The Labute approximate surface area is 127 Å². The summed E-state index contributed by atoms with van der Waals surface area (Å²) in [5.41, 5.74) is 5.84. The molecule has 2 fully saturated rings. The van der Waals surface area contributed by atoms with Crippen LogP contribution in [0.2, 0.25) is 0 Å². The predicted octanol–water partition coefficient (Wildman–Crippen LogP) is 0.434. The van der Waals surface area contributed by atoms with Crippen LogP contribution in [0, 0.1) is 5.92 Å². The highest BCUT2D eigenvalue weighted by Crippen LogP contribution is 2.34. The van der Waals surface area contributed by atoms with Crippen molar-refractivity contribution in [2.24, 2.45) is 11.7 Å². The zero-order valence-electron chi connectivity index (χ0n) is 13.0. The molecule has 3 unspecified atom stereocenters. The summed E-state index contributed by atoms with van der Waals surface area (Å²) in [6.45, 7) is 2.60. The topological polar surface area (TPSA) is 92.5 Å². The van der Waals surface area contributed by atoms with Crippen LogP contribution in [0.4, 0.5) is 0 Å². The second-order valence-corrected chi connectivity index (χ2v) is 8.59. The van der Waals surface area contributed by atoms with Gasteiger partial charge in [-0.05, 0) is 39.7 Å². The molecule has 7 heteroatoms. The van der Waals surface area contributed by atoms with Gasteiger partial charge < -0.3 is 10.6 Å². The average molecular weight is 317 g/mol. The van der Waals surface area contributed by atoms with Gasteiger partial charge in [0.05, 0.1) is 11.7 Å². The molecule has 1 heterocycles. The molecule has 3 N–H and O–H groups in total. The maximum atomic E-state index is 12.8. The molecule has 6 nitrogen and oxygen atoms in total. The van der Waals surface area contributed by atoms with Crippen molar-refractivity contribution in [1.82, 2.24) is 9.62 Å². The fraction of sp³-hybridized carbons (Fsp3) is 0.929. The number of nitrogens with two attached hydrogens (primary N) is 1. The van der Waals surface area contributed by atoms with Crippen LogP contribution in [-0.4, -0.2) is 50.2 Å². The minimum absolute atomic E-state index is 0.0107. The Kier molecular flexibility index (Phi) is 4.95. The van der Waals surface area contributed by atoms with Crippen LogP contribution in [0.25, 0.3) is 0 Å². The van der Waals surface area contributed by atoms with Gasteiger partial charge in [-0.15, -0.1) is 0 Å². The van der Waals surface area contributed by atoms with E-state index < -0.39 is 15.6 Å². The lowest BCUT2D eigenvalue weighted by Gasteiger charge is -2.40. The van der Waals surface area contributed by atoms with E-state index in [4.69, 9.17) is 5.73 Å². The summed E-state index contributed by atoms with van der Waals surface area (Å²) in [5, 5.41) is 0. The normalized spacial score (nSPS) is 34.1. The number of nitrogens with one attached hydrogen (secondary N) is 1. The summed E-state index contributed by atoms with van der Waals surface area (Å²) in [7, 11) is -1.89. The van der Waals surface area contributed by atoms with Crippen molar-refractivity contribution >= 4 is 15.9 Å². The smallest absolute Gasteiger partial charge is 0.227 e. The van der Waals surface area contributed by atoms with E-state index in [9.17, 15) is 13.2 Å². The van der Waals surface area contributed by atoms with Gasteiger partial charge in [-0.2, -0.15) is 0 Å². The highest BCUT2D eigenvalue weighted by atomic mass is 32.2. The molecule has 1 aliphatic heterocycles. The first-order chi connectivity index (χ1) is 9.77. The lowest BCUT2D eigenvalue weighted by molar-refractivity contribution is -0.139. The third kappa shape index (κ3) is 3.76. The number of rotatable bonds is 4. The average Bonchev–Trinajstić information content (AvgIpc) is 2.85. The van der Waals surface area contributed by atoms with E-state index in [2.05, 4.69) is 4.72 Å². The SMILES string of the molecule is CNS(=O)(=O)CC1CCCN1C(=O)C1CCCCC1(C)N. The van der Waals surface area contributed by atoms with Crippen LogP contribution in [0.5, 0.6) is 0 Å². The first-order valence-electron chi connectivity index (χ1n) is 7.77. The molecule has 0 aromatic rings. The molecule has 2 rings (SSSR count). The third-order valence-electron chi connectivity index (χ3n) is 4.94. The number of likely N-dealkylation sites (tertiary alicyclic amines) is 1. The van der Waals surface area contributed by atoms with Crippen LogP contribution < -0.4 is 10.5 Å². The molecule has 1 aliphatic carbocycles. The van der Waals surface area contributed by atoms with Gasteiger partial charge in [-0.3, -0.25) is 4.79 Å². The molecule has 21 heavy (non-hydrogen) atoms. The Morgan fingerprint density at radius 3 is 2.67 bits per heavy atom. The molecular weight excluding hydrogens is 290 g/mol. The predicted molar refractivity (Wildman–Crippen MR) is 82.1 cm³/mol. The summed E-state index contributed by atoms with van der Waals surface area (Å²) in [5.74, 6) is -0.138. The summed E-state index contributed by atoms with van der Waals surface area (Å²) < 4.78 is 25.8. The van der Waals surface area contributed by atoms with Crippen LogP contribution >= 0.6 is 0 Å². The number of nitrogens with zero attached hydrogens (tertiary/aromatic N) is 1. The number of carbonyl (C=O) groups is 1. The Hall–Kier alpha value is -0.660. The first-order valence-corrected chi connectivity index (χ1v) is 9.42. The van der Waals surface area contributed by atoms with E-state index >= 15 is 0 Å². The van der Waals surface area contributed by atoms with Gasteiger partial charge in [-0.25, -0.2) is 13.1 Å². The Balaban J connectivity index is 2.10. The standard InChI is InChI=1S/C14H27N3O3S/c1-14(15)8-4-3-7-12(14)13(18)17-9-5-6-11(17)10-21(19,20)16-2/h11-12,16H,3-10,15H2,1-2H3. The van der Waals surface area contributed by atoms with Crippen molar-refractivity contribution in [3.05, 3.63) is 0 Å². The minimum Gasteiger partial charge on any atom is -0.338 e. The molecule has 0 aromatic carbocycles.